The fraction of sp³-hybridized carbons (Fsp3) is 0.417. The molecule has 174 valence electrons. The van der Waals surface area contributed by atoms with Crippen molar-refractivity contribution in [2.24, 2.45) is 0 Å². The van der Waals surface area contributed by atoms with E-state index in [9.17, 15) is 18.0 Å². The number of carbonyl (C=O) groups is 2. The molecule has 0 fully saturated rings. The standard InChI is InChI=1S/C24H33N3O4S/c1-18-12-14-22(15-13-18)27(32(5,30)31)16-8-11-23(28)26(20(3)24(29)25-4)17-21-10-7-6-9-19(21)2/h6-7,9-10,12-15,20H,8,11,16-17H2,1-5H3,(H,25,29)/t20-/m0/s1. The summed E-state index contributed by atoms with van der Waals surface area (Å²) in [6, 6.07) is 14.3. The number of amides is 2. The molecule has 0 aromatic heterocycles. The Balaban J connectivity index is 2.14. The molecule has 8 heteroatoms. The van der Waals surface area contributed by atoms with E-state index >= 15 is 0 Å². The van der Waals surface area contributed by atoms with Crippen LogP contribution in [0.15, 0.2) is 48.5 Å². The van der Waals surface area contributed by atoms with Crippen LogP contribution in [0.1, 0.15) is 36.5 Å². The third kappa shape index (κ3) is 6.82. The molecular weight excluding hydrogens is 426 g/mol. The van der Waals surface area contributed by atoms with Crippen LogP contribution in [0.25, 0.3) is 0 Å². The average molecular weight is 460 g/mol. The van der Waals surface area contributed by atoms with E-state index in [1.165, 1.54) is 4.31 Å². The smallest absolute Gasteiger partial charge is 0.242 e. The minimum atomic E-state index is -3.49. The highest BCUT2D eigenvalue weighted by Gasteiger charge is 2.26. The molecule has 1 atom stereocenters. The molecule has 32 heavy (non-hydrogen) atoms. The summed E-state index contributed by atoms with van der Waals surface area (Å²) in [6.07, 6.45) is 1.63. The summed E-state index contributed by atoms with van der Waals surface area (Å²) < 4.78 is 26.0. The van der Waals surface area contributed by atoms with Crippen LogP contribution in [0.3, 0.4) is 0 Å². The molecule has 0 saturated heterocycles. The zero-order valence-electron chi connectivity index (χ0n) is 19.5. The molecular formula is C24H33N3O4S. The van der Waals surface area contributed by atoms with Crippen LogP contribution in [0.4, 0.5) is 5.69 Å². The van der Waals surface area contributed by atoms with E-state index in [1.54, 1.807) is 31.0 Å². The monoisotopic (exact) mass is 459 g/mol. The maximum atomic E-state index is 13.1. The number of carbonyl (C=O) groups excluding carboxylic acids is 2. The Hall–Kier alpha value is -2.87. The highest BCUT2D eigenvalue weighted by molar-refractivity contribution is 7.92. The number of aryl methyl sites for hydroxylation is 2. The molecule has 0 aliphatic heterocycles. The number of anilines is 1. The number of rotatable bonds is 10. The van der Waals surface area contributed by atoms with Crippen LogP contribution in [-0.2, 0) is 26.2 Å². The minimum absolute atomic E-state index is 0.130. The van der Waals surface area contributed by atoms with Crippen LogP contribution in [-0.4, -0.2) is 51.0 Å². The quantitative estimate of drug-likeness (QED) is 0.592. The van der Waals surface area contributed by atoms with Gasteiger partial charge in [0.05, 0.1) is 11.9 Å². The first-order valence-electron chi connectivity index (χ1n) is 10.6. The Bertz CT molecular complexity index is 1040. The first-order chi connectivity index (χ1) is 15.0. The number of hydrogen-bond acceptors (Lipinski definition) is 4. The number of hydrogen-bond donors (Lipinski definition) is 1. The average Bonchev–Trinajstić information content (AvgIpc) is 2.75. The summed E-state index contributed by atoms with van der Waals surface area (Å²) in [5.74, 6) is -0.439. The van der Waals surface area contributed by atoms with Crippen LogP contribution >= 0.6 is 0 Å². The van der Waals surface area contributed by atoms with E-state index in [0.29, 0.717) is 18.7 Å². The summed E-state index contributed by atoms with van der Waals surface area (Å²) in [5, 5.41) is 2.60. The molecule has 2 rings (SSSR count). The van der Waals surface area contributed by atoms with E-state index in [-0.39, 0.29) is 24.8 Å². The van der Waals surface area contributed by atoms with Crippen molar-refractivity contribution >= 4 is 27.5 Å². The van der Waals surface area contributed by atoms with E-state index in [4.69, 9.17) is 0 Å². The van der Waals surface area contributed by atoms with Gasteiger partial charge in [0, 0.05) is 26.6 Å². The molecule has 0 bridgehead atoms. The Morgan fingerprint density at radius 2 is 1.66 bits per heavy atom. The van der Waals surface area contributed by atoms with Crippen molar-refractivity contribution in [2.45, 2.75) is 46.2 Å². The maximum Gasteiger partial charge on any atom is 0.242 e. The number of sulfonamides is 1. The molecule has 2 aromatic rings. The van der Waals surface area contributed by atoms with Crippen molar-refractivity contribution in [3.8, 4) is 0 Å². The molecule has 2 aromatic carbocycles. The van der Waals surface area contributed by atoms with Crippen molar-refractivity contribution in [1.29, 1.82) is 0 Å². The third-order valence-corrected chi connectivity index (χ3v) is 6.68. The van der Waals surface area contributed by atoms with Crippen molar-refractivity contribution in [2.75, 3.05) is 24.2 Å². The topological polar surface area (TPSA) is 86.8 Å². The summed E-state index contributed by atoms with van der Waals surface area (Å²) in [6.45, 7) is 6.09. The van der Waals surface area contributed by atoms with Crippen molar-refractivity contribution in [1.82, 2.24) is 10.2 Å². The lowest BCUT2D eigenvalue weighted by atomic mass is 10.1. The molecule has 2 amide bonds. The lowest BCUT2D eigenvalue weighted by Crippen LogP contribution is -2.47. The lowest BCUT2D eigenvalue weighted by Gasteiger charge is -2.29. The second-order valence-corrected chi connectivity index (χ2v) is 9.92. The van der Waals surface area contributed by atoms with E-state index in [1.807, 2.05) is 50.2 Å². The van der Waals surface area contributed by atoms with Crippen LogP contribution in [0.2, 0.25) is 0 Å². The fourth-order valence-corrected chi connectivity index (χ4v) is 4.44. The molecule has 0 aliphatic carbocycles. The van der Waals surface area contributed by atoms with Crippen LogP contribution in [0.5, 0.6) is 0 Å². The van der Waals surface area contributed by atoms with Gasteiger partial charge in [0.25, 0.3) is 0 Å². The third-order valence-electron chi connectivity index (χ3n) is 5.49. The number of likely N-dealkylation sites (N-methyl/N-ethyl adjacent to an activating group) is 1. The van der Waals surface area contributed by atoms with Gasteiger partial charge in [0.15, 0.2) is 0 Å². The van der Waals surface area contributed by atoms with E-state index < -0.39 is 16.1 Å². The number of nitrogens with one attached hydrogen (secondary N) is 1. The zero-order valence-corrected chi connectivity index (χ0v) is 20.3. The van der Waals surface area contributed by atoms with E-state index in [0.717, 1.165) is 22.9 Å². The van der Waals surface area contributed by atoms with Gasteiger partial charge in [0.2, 0.25) is 21.8 Å². The summed E-state index contributed by atoms with van der Waals surface area (Å²) >= 11 is 0. The molecule has 7 nitrogen and oxygen atoms in total. The Morgan fingerprint density at radius 1 is 1.03 bits per heavy atom. The van der Waals surface area contributed by atoms with Crippen LogP contribution < -0.4 is 9.62 Å². The van der Waals surface area contributed by atoms with Gasteiger partial charge in [-0.1, -0.05) is 42.0 Å². The van der Waals surface area contributed by atoms with Gasteiger partial charge in [-0.2, -0.15) is 0 Å². The van der Waals surface area contributed by atoms with Gasteiger partial charge in [-0.05, 0) is 50.5 Å². The highest BCUT2D eigenvalue weighted by Crippen LogP contribution is 2.20. The van der Waals surface area contributed by atoms with Crippen molar-refractivity contribution in [3.05, 3.63) is 65.2 Å². The second-order valence-electron chi connectivity index (χ2n) is 8.01. The molecule has 0 radical (unpaired) electrons. The molecule has 0 spiro atoms. The predicted octanol–water partition coefficient (Wildman–Crippen LogP) is 3.01. The van der Waals surface area contributed by atoms with Gasteiger partial charge in [0.1, 0.15) is 6.04 Å². The first-order valence-corrected chi connectivity index (χ1v) is 12.5. The van der Waals surface area contributed by atoms with E-state index in [2.05, 4.69) is 5.32 Å². The zero-order chi connectivity index (χ0) is 23.9. The van der Waals surface area contributed by atoms with Crippen molar-refractivity contribution < 1.29 is 18.0 Å². The lowest BCUT2D eigenvalue weighted by molar-refractivity contribution is -0.140. The van der Waals surface area contributed by atoms with Gasteiger partial charge < -0.3 is 10.2 Å². The summed E-state index contributed by atoms with van der Waals surface area (Å²) in [7, 11) is -1.95. The molecule has 1 N–H and O–H groups in total. The number of nitrogens with zero attached hydrogens (tertiary/aromatic N) is 2. The molecule has 0 aliphatic rings. The normalized spacial score (nSPS) is 12.2. The maximum absolute atomic E-state index is 13.1. The minimum Gasteiger partial charge on any atom is -0.357 e. The van der Waals surface area contributed by atoms with Gasteiger partial charge in [-0.25, -0.2) is 8.42 Å². The largest absolute Gasteiger partial charge is 0.357 e. The van der Waals surface area contributed by atoms with Gasteiger partial charge in [-0.15, -0.1) is 0 Å². The van der Waals surface area contributed by atoms with Gasteiger partial charge >= 0.3 is 0 Å². The summed E-state index contributed by atoms with van der Waals surface area (Å²) in [5.41, 5.74) is 3.61. The molecule has 0 heterocycles. The fourth-order valence-electron chi connectivity index (χ4n) is 3.48. The Labute approximate surface area is 191 Å². The predicted molar refractivity (Wildman–Crippen MR) is 128 cm³/mol. The molecule has 0 unspecified atom stereocenters. The summed E-state index contributed by atoms with van der Waals surface area (Å²) in [4.78, 5) is 26.9. The second kappa shape index (κ2) is 11.1. The highest BCUT2D eigenvalue weighted by atomic mass is 32.2. The number of benzene rings is 2. The Morgan fingerprint density at radius 3 is 2.22 bits per heavy atom. The SMILES string of the molecule is CNC(=O)[C@H](C)N(Cc1ccccc1C)C(=O)CCCN(c1ccc(C)cc1)S(C)(=O)=O. The Kier molecular flexibility index (Phi) is 8.83. The first kappa shape index (κ1) is 25.4. The molecule has 0 saturated carbocycles. The van der Waals surface area contributed by atoms with Gasteiger partial charge in [-0.3, -0.25) is 13.9 Å². The van der Waals surface area contributed by atoms with Crippen molar-refractivity contribution in [3.63, 3.8) is 0 Å². The van der Waals surface area contributed by atoms with Crippen LogP contribution in [0, 0.1) is 13.8 Å².